The average Bonchev–Trinajstić information content (AvgIpc) is 3.17. The second-order valence-corrected chi connectivity index (χ2v) is 8.05. The first-order valence-corrected chi connectivity index (χ1v) is 10.3. The third-order valence-electron chi connectivity index (χ3n) is 5.76. The van der Waals surface area contributed by atoms with Crippen LogP contribution in [0.25, 0.3) is 27.3 Å². The molecule has 1 N–H and O–H groups in total. The number of pyridine rings is 1. The van der Waals surface area contributed by atoms with Crippen LogP contribution in [0.5, 0.6) is 0 Å². The third-order valence-corrected chi connectivity index (χ3v) is 5.76. The normalized spacial score (nSPS) is 17.7. The van der Waals surface area contributed by atoms with Crippen molar-refractivity contribution in [3.63, 3.8) is 0 Å². The summed E-state index contributed by atoms with van der Waals surface area (Å²) in [5.74, 6) is -0.429. The molecule has 156 valence electrons. The number of benzene rings is 2. The molecule has 7 heteroatoms. The summed E-state index contributed by atoms with van der Waals surface area (Å²) >= 11 is 0. The fraction of sp³-hybridized carbons (Fsp3) is 0.250. The van der Waals surface area contributed by atoms with E-state index in [1.807, 2.05) is 30.3 Å². The molecule has 1 fully saturated rings. The summed E-state index contributed by atoms with van der Waals surface area (Å²) in [5, 5.41) is 12.0. The summed E-state index contributed by atoms with van der Waals surface area (Å²) in [5.41, 5.74) is 1.61. The molecular formula is C24H22N4O3. The minimum absolute atomic E-state index is 0.216. The van der Waals surface area contributed by atoms with E-state index in [-0.39, 0.29) is 17.2 Å². The molecule has 31 heavy (non-hydrogen) atoms. The number of carbonyl (C=O) groups excluding carboxylic acids is 1. The molecule has 4 aromatic rings. The SMILES string of the molecule is CC(CN1CC[C@@H](O)C1)=NC(=O)c1cccn2c(=O)c3ccc4ccccc4c3nc12. The Morgan fingerprint density at radius 3 is 2.81 bits per heavy atom. The number of aromatic nitrogens is 2. The minimum Gasteiger partial charge on any atom is -0.392 e. The molecule has 2 aromatic heterocycles. The van der Waals surface area contributed by atoms with Crippen LogP contribution in [0.2, 0.25) is 0 Å². The topological polar surface area (TPSA) is 87.3 Å². The molecule has 1 amide bonds. The van der Waals surface area contributed by atoms with Crippen LogP contribution < -0.4 is 5.56 Å². The van der Waals surface area contributed by atoms with E-state index in [0.29, 0.717) is 35.4 Å². The summed E-state index contributed by atoms with van der Waals surface area (Å²) in [6.45, 7) is 3.70. The number of nitrogens with zero attached hydrogens (tertiary/aromatic N) is 4. The van der Waals surface area contributed by atoms with Crippen molar-refractivity contribution < 1.29 is 9.90 Å². The standard InChI is InChI=1S/C24H22N4O3/c1-15(13-27-12-10-17(29)14-27)25-23(30)20-7-4-11-28-22(20)26-21-18-6-3-2-5-16(18)8-9-19(21)24(28)31/h2-9,11,17,29H,10,12-14H2,1H3/t17-/m1/s1. The Morgan fingerprint density at radius 2 is 2.00 bits per heavy atom. The van der Waals surface area contributed by atoms with Crippen molar-refractivity contribution in [2.24, 2.45) is 4.99 Å². The molecule has 0 aliphatic carbocycles. The summed E-state index contributed by atoms with van der Waals surface area (Å²) in [6, 6.07) is 14.7. The van der Waals surface area contributed by atoms with Gasteiger partial charge in [0.25, 0.3) is 11.5 Å². The van der Waals surface area contributed by atoms with Gasteiger partial charge < -0.3 is 5.11 Å². The number of likely N-dealkylation sites (tertiary alicyclic amines) is 1. The maximum Gasteiger partial charge on any atom is 0.280 e. The molecule has 0 radical (unpaired) electrons. The molecule has 3 heterocycles. The monoisotopic (exact) mass is 414 g/mol. The van der Waals surface area contributed by atoms with Gasteiger partial charge in [0.05, 0.1) is 22.6 Å². The molecular weight excluding hydrogens is 392 g/mol. The number of hydrogen-bond donors (Lipinski definition) is 1. The quantitative estimate of drug-likeness (QED) is 0.316. The first kappa shape index (κ1) is 19.5. The highest BCUT2D eigenvalue weighted by Crippen LogP contribution is 2.23. The zero-order valence-electron chi connectivity index (χ0n) is 17.2. The Labute approximate surface area is 178 Å². The van der Waals surface area contributed by atoms with Gasteiger partial charge in [-0.15, -0.1) is 0 Å². The number of fused-ring (bicyclic) bond motifs is 4. The lowest BCUT2D eigenvalue weighted by atomic mass is 10.1. The van der Waals surface area contributed by atoms with Gasteiger partial charge in [0.15, 0.2) is 5.65 Å². The number of amides is 1. The summed E-state index contributed by atoms with van der Waals surface area (Å²) in [4.78, 5) is 37.2. The van der Waals surface area contributed by atoms with Crippen LogP contribution in [0.3, 0.4) is 0 Å². The Morgan fingerprint density at radius 1 is 1.16 bits per heavy atom. The van der Waals surface area contributed by atoms with Gasteiger partial charge >= 0.3 is 0 Å². The Hall–Kier alpha value is -3.42. The van der Waals surface area contributed by atoms with Gasteiger partial charge in [0.1, 0.15) is 0 Å². The third kappa shape index (κ3) is 3.52. The smallest absolute Gasteiger partial charge is 0.280 e. The van der Waals surface area contributed by atoms with E-state index in [1.54, 1.807) is 31.3 Å². The fourth-order valence-corrected chi connectivity index (χ4v) is 4.28. The second kappa shape index (κ2) is 7.68. The van der Waals surface area contributed by atoms with Crippen LogP contribution in [0.15, 0.2) is 64.5 Å². The molecule has 2 aromatic carbocycles. The van der Waals surface area contributed by atoms with Gasteiger partial charge in [-0.1, -0.05) is 30.3 Å². The van der Waals surface area contributed by atoms with Crippen LogP contribution in [0, 0.1) is 0 Å². The average molecular weight is 414 g/mol. The second-order valence-electron chi connectivity index (χ2n) is 8.05. The molecule has 1 aliphatic heterocycles. The zero-order chi connectivity index (χ0) is 21.5. The van der Waals surface area contributed by atoms with E-state index in [2.05, 4.69) is 9.89 Å². The van der Waals surface area contributed by atoms with E-state index in [1.165, 1.54) is 4.40 Å². The highest BCUT2D eigenvalue weighted by molar-refractivity contribution is 6.09. The number of carbonyl (C=O) groups is 1. The van der Waals surface area contributed by atoms with Crippen molar-refractivity contribution in [1.29, 1.82) is 0 Å². The maximum atomic E-state index is 13.1. The van der Waals surface area contributed by atoms with E-state index >= 15 is 0 Å². The lowest BCUT2D eigenvalue weighted by Gasteiger charge is -2.14. The molecule has 1 atom stereocenters. The first-order chi connectivity index (χ1) is 15.0. The molecule has 0 saturated carbocycles. The van der Waals surface area contributed by atoms with Crippen molar-refractivity contribution >= 4 is 38.9 Å². The molecule has 1 aliphatic rings. The number of β-amino-alcohol motifs (C(OH)–C–C–N with tert-alkyl or cyclic N) is 1. The van der Waals surface area contributed by atoms with Crippen molar-refractivity contribution in [2.45, 2.75) is 19.4 Å². The van der Waals surface area contributed by atoms with Crippen LogP contribution in [-0.4, -0.2) is 56.7 Å². The van der Waals surface area contributed by atoms with Gasteiger partial charge in [-0.25, -0.2) is 9.98 Å². The molecule has 7 nitrogen and oxygen atoms in total. The van der Waals surface area contributed by atoms with Gasteiger partial charge in [-0.05, 0) is 36.9 Å². The van der Waals surface area contributed by atoms with Crippen molar-refractivity contribution in [2.75, 3.05) is 19.6 Å². The van der Waals surface area contributed by atoms with Crippen LogP contribution in [0.1, 0.15) is 23.7 Å². The Bertz CT molecular complexity index is 1420. The molecule has 1 saturated heterocycles. The summed E-state index contributed by atoms with van der Waals surface area (Å²) in [7, 11) is 0. The number of aliphatic hydroxyl groups excluding tert-OH is 1. The first-order valence-electron chi connectivity index (χ1n) is 10.3. The molecule has 0 unspecified atom stereocenters. The van der Waals surface area contributed by atoms with E-state index in [0.717, 1.165) is 23.7 Å². The van der Waals surface area contributed by atoms with Crippen molar-refractivity contribution in [3.8, 4) is 0 Å². The fourth-order valence-electron chi connectivity index (χ4n) is 4.28. The van der Waals surface area contributed by atoms with Crippen LogP contribution >= 0.6 is 0 Å². The van der Waals surface area contributed by atoms with Crippen molar-refractivity contribution in [3.05, 3.63) is 70.6 Å². The van der Waals surface area contributed by atoms with E-state index in [9.17, 15) is 14.7 Å². The number of rotatable bonds is 3. The predicted octanol–water partition coefficient (Wildman–Crippen LogP) is 2.67. The maximum absolute atomic E-state index is 13.1. The van der Waals surface area contributed by atoms with E-state index < -0.39 is 5.91 Å². The lowest BCUT2D eigenvalue weighted by molar-refractivity contribution is 0.100. The lowest BCUT2D eigenvalue weighted by Crippen LogP contribution is -2.28. The highest BCUT2D eigenvalue weighted by atomic mass is 16.3. The summed E-state index contributed by atoms with van der Waals surface area (Å²) < 4.78 is 1.41. The molecule has 5 rings (SSSR count). The van der Waals surface area contributed by atoms with Gasteiger partial charge in [-0.2, -0.15) is 0 Å². The summed E-state index contributed by atoms with van der Waals surface area (Å²) in [6.07, 6.45) is 2.04. The van der Waals surface area contributed by atoms with Crippen LogP contribution in [0.4, 0.5) is 0 Å². The Kier molecular flexibility index (Phi) is 4.84. The van der Waals surface area contributed by atoms with Gasteiger partial charge in [0.2, 0.25) is 0 Å². The predicted molar refractivity (Wildman–Crippen MR) is 121 cm³/mol. The zero-order valence-corrected chi connectivity index (χ0v) is 17.2. The molecule has 0 spiro atoms. The highest BCUT2D eigenvalue weighted by Gasteiger charge is 2.21. The van der Waals surface area contributed by atoms with Crippen molar-refractivity contribution in [1.82, 2.24) is 14.3 Å². The molecule has 0 bridgehead atoms. The number of hydrogen-bond acceptors (Lipinski definition) is 5. The largest absolute Gasteiger partial charge is 0.392 e. The Balaban J connectivity index is 1.62. The van der Waals surface area contributed by atoms with Gasteiger partial charge in [0, 0.05) is 36.9 Å². The minimum atomic E-state index is -0.429. The number of aliphatic imine (C=N–C) groups is 1. The van der Waals surface area contributed by atoms with Crippen LogP contribution in [-0.2, 0) is 0 Å². The number of aliphatic hydroxyl groups is 1. The van der Waals surface area contributed by atoms with Gasteiger partial charge in [-0.3, -0.25) is 18.9 Å². The van der Waals surface area contributed by atoms with E-state index in [4.69, 9.17) is 4.98 Å².